The third kappa shape index (κ3) is 3.08. The Bertz CT molecular complexity index is 774. The van der Waals surface area contributed by atoms with Crippen LogP contribution >= 0.6 is 0 Å². The average molecular weight is 299 g/mol. The van der Waals surface area contributed by atoms with E-state index >= 15 is 0 Å². The van der Waals surface area contributed by atoms with Gasteiger partial charge >= 0.3 is 0 Å². The first-order valence-electron chi connectivity index (χ1n) is 6.88. The van der Waals surface area contributed by atoms with E-state index in [2.05, 4.69) is 25.4 Å². The summed E-state index contributed by atoms with van der Waals surface area (Å²) in [6, 6.07) is 8.15. The molecule has 3 aromatic rings. The maximum atomic E-state index is 13.7. The van der Waals surface area contributed by atoms with E-state index in [0.717, 1.165) is 12.1 Å². The third-order valence-corrected chi connectivity index (χ3v) is 3.09. The normalized spacial score (nSPS) is 10.6. The van der Waals surface area contributed by atoms with Gasteiger partial charge in [0.2, 0.25) is 11.7 Å². The smallest absolute Gasteiger partial charge is 0.246 e. The fourth-order valence-electron chi connectivity index (χ4n) is 1.93. The summed E-state index contributed by atoms with van der Waals surface area (Å²) in [5.41, 5.74) is 1.25. The fraction of sp³-hybridized carbons (Fsp3) is 0.200. The lowest BCUT2D eigenvalue weighted by Crippen LogP contribution is -2.03. The summed E-state index contributed by atoms with van der Waals surface area (Å²) >= 11 is 0. The minimum atomic E-state index is -0.383. The predicted molar refractivity (Wildman–Crippen MR) is 78.4 cm³/mol. The molecular formula is C15H14FN5O. The maximum absolute atomic E-state index is 13.7. The molecule has 0 saturated carbocycles. The molecule has 0 aliphatic carbocycles. The van der Waals surface area contributed by atoms with E-state index in [4.69, 9.17) is 4.52 Å². The Balaban J connectivity index is 1.71. The van der Waals surface area contributed by atoms with Gasteiger partial charge in [0.25, 0.3) is 0 Å². The second-order valence-corrected chi connectivity index (χ2v) is 4.59. The number of nitrogens with zero attached hydrogens (tertiary/aromatic N) is 4. The minimum absolute atomic E-state index is 0.229. The first kappa shape index (κ1) is 14.1. The zero-order valence-corrected chi connectivity index (χ0v) is 12.0. The van der Waals surface area contributed by atoms with Crippen LogP contribution in [0, 0.1) is 5.82 Å². The molecule has 0 radical (unpaired) electrons. The van der Waals surface area contributed by atoms with Crippen LogP contribution in [0.5, 0.6) is 0 Å². The van der Waals surface area contributed by atoms with E-state index in [-0.39, 0.29) is 11.6 Å². The molecule has 0 unspecified atom stereocenters. The number of benzene rings is 1. The highest BCUT2D eigenvalue weighted by molar-refractivity contribution is 5.54. The third-order valence-electron chi connectivity index (χ3n) is 3.09. The molecule has 1 aromatic carbocycles. The van der Waals surface area contributed by atoms with Crippen molar-refractivity contribution in [1.82, 2.24) is 20.1 Å². The molecule has 0 amide bonds. The summed E-state index contributed by atoms with van der Waals surface area (Å²) in [5, 5.41) is 6.87. The van der Waals surface area contributed by atoms with Crippen molar-refractivity contribution in [1.29, 1.82) is 0 Å². The largest absolute Gasteiger partial charge is 0.361 e. The van der Waals surface area contributed by atoms with Crippen molar-refractivity contribution in [2.24, 2.45) is 0 Å². The zero-order valence-electron chi connectivity index (χ0n) is 12.0. The van der Waals surface area contributed by atoms with Crippen LogP contribution in [0.3, 0.4) is 0 Å². The molecule has 22 heavy (non-hydrogen) atoms. The quantitative estimate of drug-likeness (QED) is 0.780. The molecule has 7 heteroatoms. The van der Waals surface area contributed by atoms with Crippen LogP contribution in [0.1, 0.15) is 18.5 Å². The minimum Gasteiger partial charge on any atom is -0.361 e. The van der Waals surface area contributed by atoms with Crippen LogP contribution in [0.25, 0.3) is 11.4 Å². The summed E-state index contributed by atoms with van der Waals surface area (Å²) in [7, 11) is 0. The van der Waals surface area contributed by atoms with Crippen molar-refractivity contribution in [3.63, 3.8) is 0 Å². The summed E-state index contributed by atoms with van der Waals surface area (Å²) in [4.78, 5) is 12.4. The van der Waals surface area contributed by atoms with Crippen LogP contribution in [0.4, 0.5) is 10.2 Å². The van der Waals surface area contributed by atoms with Crippen LogP contribution in [-0.2, 0) is 13.0 Å². The molecule has 0 aliphatic rings. The van der Waals surface area contributed by atoms with Crippen LogP contribution in [0.15, 0.2) is 41.2 Å². The lowest BCUT2D eigenvalue weighted by atomic mass is 10.2. The molecule has 0 bridgehead atoms. The Morgan fingerprint density at radius 2 is 2.09 bits per heavy atom. The second-order valence-electron chi connectivity index (χ2n) is 4.59. The lowest BCUT2D eigenvalue weighted by molar-refractivity contribution is 0.383. The summed E-state index contributed by atoms with van der Waals surface area (Å²) in [5.74, 6) is 0.880. The molecule has 2 aromatic heterocycles. The topological polar surface area (TPSA) is 76.7 Å². The van der Waals surface area contributed by atoms with Gasteiger partial charge in [-0.25, -0.2) is 14.4 Å². The van der Waals surface area contributed by atoms with Crippen LogP contribution in [-0.4, -0.2) is 20.1 Å². The van der Waals surface area contributed by atoms with Gasteiger partial charge in [0, 0.05) is 11.8 Å². The van der Waals surface area contributed by atoms with Gasteiger partial charge in [-0.15, -0.1) is 0 Å². The number of halogens is 1. The van der Waals surface area contributed by atoms with Gasteiger partial charge in [0.1, 0.15) is 18.0 Å². The fourth-order valence-corrected chi connectivity index (χ4v) is 1.93. The Hall–Kier alpha value is -2.83. The molecule has 1 N–H and O–H groups in total. The monoisotopic (exact) mass is 299 g/mol. The summed E-state index contributed by atoms with van der Waals surface area (Å²) in [6.07, 6.45) is 2.33. The van der Waals surface area contributed by atoms with Gasteiger partial charge in [-0.2, -0.15) is 4.98 Å². The van der Waals surface area contributed by atoms with Gasteiger partial charge in [-0.1, -0.05) is 24.2 Å². The van der Waals surface area contributed by atoms with E-state index < -0.39 is 0 Å². The molecule has 0 spiro atoms. The van der Waals surface area contributed by atoms with Crippen LogP contribution < -0.4 is 5.32 Å². The number of hydrogen-bond acceptors (Lipinski definition) is 6. The molecule has 112 valence electrons. The van der Waals surface area contributed by atoms with Gasteiger partial charge in [-0.3, -0.25) is 0 Å². The number of nitrogens with one attached hydrogen (secondary N) is 1. The van der Waals surface area contributed by atoms with E-state index in [1.54, 1.807) is 18.2 Å². The van der Waals surface area contributed by atoms with E-state index in [1.165, 1.54) is 12.4 Å². The molecule has 3 rings (SSSR count). The second kappa shape index (κ2) is 6.30. The van der Waals surface area contributed by atoms with Gasteiger partial charge in [0.15, 0.2) is 0 Å². The van der Waals surface area contributed by atoms with Crippen molar-refractivity contribution in [3.05, 3.63) is 54.1 Å². The zero-order chi connectivity index (χ0) is 15.4. The van der Waals surface area contributed by atoms with Gasteiger partial charge in [0.05, 0.1) is 12.1 Å². The maximum Gasteiger partial charge on any atom is 0.246 e. The number of aryl methyl sites for hydroxylation is 1. The molecule has 0 saturated heterocycles. The summed E-state index contributed by atoms with van der Waals surface area (Å²) < 4.78 is 18.8. The number of aromatic nitrogens is 4. The standard InChI is InChI=1S/C15H14FN5O/c1-2-10-7-13(19-9-18-10)17-8-14-20-15(21-22-14)11-5-3-4-6-12(11)16/h3-7,9H,2,8H2,1H3,(H,17,18,19). The van der Waals surface area contributed by atoms with E-state index in [1.807, 2.05) is 13.0 Å². The highest BCUT2D eigenvalue weighted by Gasteiger charge is 2.12. The Kier molecular flexibility index (Phi) is 4.04. The highest BCUT2D eigenvalue weighted by atomic mass is 19.1. The Morgan fingerprint density at radius 3 is 2.91 bits per heavy atom. The first-order chi connectivity index (χ1) is 10.8. The van der Waals surface area contributed by atoms with Crippen molar-refractivity contribution in [3.8, 4) is 11.4 Å². The Labute approximate surface area is 126 Å². The van der Waals surface area contributed by atoms with Gasteiger partial charge in [-0.05, 0) is 18.6 Å². The molecule has 2 heterocycles. The number of hydrogen-bond donors (Lipinski definition) is 1. The summed E-state index contributed by atoms with van der Waals surface area (Å²) in [6.45, 7) is 2.33. The molecule has 0 atom stereocenters. The van der Waals surface area contributed by atoms with Crippen molar-refractivity contribution in [2.45, 2.75) is 19.9 Å². The first-order valence-corrected chi connectivity index (χ1v) is 6.88. The van der Waals surface area contributed by atoms with Crippen LogP contribution in [0.2, 0.25) is 0 Å². The number of rotatable bonds is 5. The van der Waals surface area contributed by atoms with E-state index in [0.29, 0.717) is 23.8 Å². The predicted octanol–water partition coefficient (Wildman–Crippen LogP) is 2.84. The van der Waals surface area contributed by atoms with E-state index in [9.17, 15) is 4.39 Å². The van der Waals surface area contributed by atoms with Crippen molar-refractivity contribution in [2.75, 3.05) is 5.32 Å². The molecule has 6 nitrogen and oxygen atoms in total. The SMILES string of the molecule is CCc1cc(NCc2nc(-c3ccccc3F)no2)ncn1. The molecular weight excluding hydrogens is 285 g/mol. The van der Waals surface area contributed by atoms with Crippen molar-refractivity contribution < 1.29 is 8.91 Å². The number of anilines is 1. The lowest BCUT2D eigenvalue weighted by Gasteiger charge is -2.02. The molecule has 0 fully saturated rings. The van der Waals surface area contributed by atoms with Crippen molar-refractivity contribution >= 4 is 5.82 Å². The average Bonchev–Trinajstić information content (AvgIpc) is 3.02. The van der Waals surface area contributed by atoms with Gasteiger partial charge < -0.3 is 9.84 Å². The molecule has 0 aliphatic heterocycles. The Morgan fingerprint density at radius 1 is 1.23 bits per heavy atom. The highest BCUT2D eigenvalue weighted by Crippen LogP contribution is 2.19.